The molecule has 1 aromatic rings. The van der Waals surface area contributed by atoms with Gasteiger partial charge in [0.05, 0.1) is 13.2 Å². The summed E-state index contributed by atoms with van der Waals surface area (Å²) in [4.78, 5) is 26.0. The monoisotopic (exact) mass is 329 g/mol. The molecule has 0 radical (unpaired) electrons. The van der Waals surface area contributed by atoms with Gasteiger partial charge in [0.25, 0.3) is 0 Å². The molecule has 0 fully saturated rings. The Morgan fingerprint density at radius 3 is 2.71 bits per heavy atom. The molecule has 0 aliphatic rings. The second-order valence-corrected chi connectivity index (χ2v) is 4.84. The number of ether oxygens (including phenoxy) is 1. The van der Waals surface area contributed by atoms with Crippen molar-refractivity contribution in [3.63, 3.8) is 0 Å². The van der Waals surface area contributed by atoms with Crippen molar-refractivity contribution >= 4 is 11.8 Å². The van der Waals surface area contributed by atoms with E-state index in [1.54, 1.807) is 12.1 Å². The molecule has 0 unspecified atom stereocenters. The normalized spacial score (nSPS) is 10.8. The van der Waals surface area contributed by atoms with Gasteiger partial charge in [-0.3, -0.25) is 9.59 Å². The van der Waals surface area contributed by atoms with Crippen LogP contribution in [0.5, 0.6) is 0 Å². The Labute approximate surface area is 140 Å². The molecule has 0 bridgehead atoms. The molecule has 24 heavy (non-hydrogen) atoms. The van der Waals surface area contributed by atoms with E-state index in [2.05, 4.69) is 26.6 Å². The van der Waals surface area contributed by atoms with E-state index in [-0.39, 0.29) is 31.6 Å². The van der Waals surface area contributed by atoms with Crippen molar-refractivity contribution in [1.82, 2.24) is 10.6 Å². The summed E-state index contributed by atoms with van der Waals surface area (Å²) in [5, 5.41) is 8.56. The largest absolute Gasteiger partial charge is 0.379 e. The van der Waals surface area contributed by atoms with Gasteiger partial charge in [0.15, 0.2) is 0 Å². The van der Waals surface area contributed by atoms with Crippen molar-refractivity contribution in [1.29, 1.82) is 0 Å². The van der Waals surface area contributed by atoms with Gasteiger partial charge >= 0.3 is 0 Å². The summed E-state index contributed by atoms with van der Waals surface area (Å²) >= 11 is 0. The standard InChI is InChI=1S/C16H19N5O3/c1-3-13-4-6-14(7-5-13)10-18-16(23)15(20-12(2)22)11-24-9-8-19-21-17/h1,4-7,15H,8-11H2,2H3,(H,18,23)(H,20,22)/t15-/m0/s1. The van der Waals surface area contributed by atoms with Gasteiger partial charge in [-0.2, -0.15) is 0 Å². The van der Waals surface area contributed by atoms with Crippen molar-refractivity contribution in [2.24, 2.45) is 5.11 Å². The number of nitrogens with zero attached hydrogens (tertiary/aromatic N) is 3. The van der Waals surface area contributed by atoms with E-state index in [1.165, 1.54) is 6.92 Å². The smallest absolute Gasteiger partial charge is 0.245 e. The van der Waals surface area contributed by atoms with Gasteiger partial charge in [-0.15, -0.1) is 6.42 Å². The molecule has 1 rings (SSSR count). The highest BCUT2D eigenvalue weighted by atomic mass is 16.5. The minimum absolute atomic E-state index is 0.0115. The molecule has 0 aliphatic heterocycles. The zero-order chi connectivity index (χ0) is 17.8. The number of carbonyl (C=O) groups excluding carboxylic acids is 2. The fourth-order valence-corrected chi connectivity index (χ4v) is 1.81. The SMILES string of the molecule is C#Cc1ccc(CNC(=O)[C@H](COCCN=[N+]=[N-])NC(C)=O)cc1. The Balaban J connectivity index is 2.51. The highest BCUT2D eigenvalue weighted by Crippen LogP contribution is 2.03. The van der Waals surface area contributed by atoms with E-state index in [0.717, 1.165) is 11.1 Å². The van der Waals surface area contributed by atoms with Gasteiger partial charge < -0.3 is 15.4 Å². The van der Waals surface area contributed by atoms with E-state index < -0.39 is 6.04 Å². The van der Waals surface area contributed by atoms with E-state index >= 15 is 0 Å². The molecule has 1 aromatic carbocycles. The lowest BCUT2D eigenvalue weighted by Gasteiger charge is -2.17. The molecule has 0 spiro atoms. The van der Waals surface area contributed by atoms with Crippen LogP contribution in [0.25, 0.3) is 10.4 Å². The Hall–Kier alpha value is -3.01. The van der Waals surface area contributed by atoms with Crippen molar-refractivity contribution in [3.05, 3.63) is 45.8 Å². The lowest BCUT2D eigenvalue weighted by atomic mass is 10.1. The second kappa shape index (κ2) is 10.7. The van der Waals surface area contributed by atoms with Gasteiger partial charge in [0.2, 0.25) is 11.8 Å². The van der Waals surface area contributed by atoms with Gasteiger partial charge in [-0.1, -0.05) is 23.2 Å². The number of benzene rings is 1. The van der Waals surface area contributed by atoms with Crippen LogP contribution in [0.3, 0.4) is 0 Å². The predicted molar refractivity (Wildman–Crippen MR) is 88.7 cm³/mol. The van der Waals surface area contributed by atoms with Gasteiger partial charge in [0, 0.05) is 30.5 Å². The molecule has 2 N–H and O–H groups in total. The zero-order valence-corrected chi connectivity index (χ0v) is 13.4. The van der Waals surface area contributed by atoms with Crippen molar-refractivity contribution < 1.29 is 14.3 Å². The molecule has 2 amide bonds. The van der Waals surface area contributed by atoms with Crippen molar-refractivity contribution in [2.45, 2.75) is 19.5 Å². The molecule has 8 heteroatoms. The Kier molecular flexibility index (Phi) is 8.47. The predicted octanol–water partition coefficient (Wildman–Crippen LogP) is 1.12. The van der Waals surface area contributed by atoms with E-state index in [9.17, 15) is 9.59 Å². The van der Waals surface area contributed by atoms with Gasteiger partial charge in [-0.05, 0) is 23.2 Å². The van der Waals surface area contributed by atoms with Crippen LogP contribution in [-0.4, -0.2) is 37.6 Å². The van der Waals surface area contributed by atoms with Gasteiger partial charge in [-0.25, -0.2) is 0 Å². The molecular weight excluding hydrogens is 310 g/mol. The van der Waals surface area contributed by atoms with Crippen LogP contribution >= 0.6 is 0 Å². The number of rotatable bonds is 9. The lowest BCUT2D eigenvalue weighted by molar-refractivity contribution is -0.129. The molecule has 0 saturated heterocycles. The summed E-state index contributed by atoms with van der Waals surface area (Å²) in [5.74, 6) is 1.81. The number of hydrogen-bond acceptors (Lipinski definition) is 4. The highest BCUT2D eigenvalue weighted by molar-refractivity contribution is 5.86. The van der Waals surface area contributed by atoms with Gasteiger partial charge in [0.1, 0.15) is 6.04 Å². The summed E-state index contributed by atoms with van der Waals surface area (Å²) in [6, 6.07) is 6.38. The van der Waals surface area contributed by atoms with Crippen LogP contribution in [0.15, 0.2) is 29.4 Å². The van der Waals surface area contributed by atoms with E-state index in [0.29, 0.717) is 6.54 Å². The Bertz CT molecular complexity index is 645. The number of azide groups is 1. The lowest BCUT2D eigenvalue weighted by Crippen LogP contribution is -2.48. The quantitative estimate of drug-likeness (QED) is 0.232. The van der Waals surface area contributed by atoms with Crippen LogP contribution in [0.2, 0.25) is 0 Å². The average Bonchev–Trinajstić information content (AvgIpc) is 2.58. The molecule has 0 saturated carbocycles. The third-order valence-corrected chi connectivity index (χ3v) is 2.96. The molecule has 1 atom stereocenters. The summed E-state index contributed by atoms with van der Waals surface area (Å²) < 4.78 is 5.24. The third kappa shape index (κ3) is 7.31. The number of hydrogen-bond donors (Lipinski definition) is 2. The number of nitrogens with one attached hydrogen (secondary N) is 2. The minimum atomic E-state index is -0.821. The Morgan fingerprint density at radius 2 is 2.12 bits per heavy atom. The topological polar surface area (TPSA) is 116 Å². The van der Waals surface area contributed by atoms with E-state index in [4.69, 9.17) is 16.7 Å². The van der Waals surface area contributed by atoms with Crippen LogP contribution in [0, 0.1) is 12.3 Å². The number of carbonyl (C=O) groups is 2. The summed E-state index contributed by atoms with van der Waals surface area (Å²) in [6.45, 7) is 1.94. The molecule has 0 heterocycles. The number of amides is 2. The number of terminal acetylenes is 1. The summed E-state index contributed by atoms with van der Waals surface area (Å²) in [7, 11) is 0. The summed E-state index contributed by atoms with van der Waals surface area (Å²) in [6.07, 6.45) is 5.28. The molecule has 126 valence electrons. The van der Waals surface area contributed by atoms with Crippen LogP contribution in [0.1, 0.15) is 18.1 Å². The molecule has 0 aliphatic carbocycles. The first kappa shape index (κ1) is 19.0. The first-order valence-electron chi connectivity index (χ1n) is 7.25. The zero-order valence-electron chi connectivity index (χ0n) is 13.4. The fraction of sp³-hybridized carbons (Fsp3) is 0.375. The van der Waals surface area contributed by atoms with Crippen molar-refractivity contribution in [2.75, 3.05) is 19.8 Å². The third-order valence-electron chi connectivity index (χ3n) is 2.96. The first-order valence-corrected chi connectivity index (χ1v) is 7.25. The highest BCUT2D eigenvalue weighted by Gasteiger charge is 2.19. The van der Waals surface area contributed by atoms with Crippen LogP contribution in [-0.2, 0) is 20.9 Å². The van der Waals surface area contributed by atoms with Crippen molar-refractivity contribution in [3.8, 4) is 12.3 Å². The molecule has 0 aromatic heterocycles. The summed E-state index contributed by atoms with van der Waals surface area (Å²) in [5.41, 5.74) is 9.81. The maximum atomic E-state index is 12.2. The maximum absolute atomic E-state index is 12.2. The average molecular weight is 329 g/mol. The van der Waals surface area contributed by atoms with Crippen LogP contribution < -0.4 is 10.6 Å². The van der Waals surface area contributed by atoms with Crippen LogP contribution in [0.4, 0.5) is 0 Å². The molecule has 8 nitrogen and oxygen atoms in total. The maximum Gasteiger partial charge on any atom is 0.245 e. The van der Waals surface area contributed by atoms with E-state index in [1.807, 2.05) is 12.1 Å². The minimum Gasteiger partial charge on any atom is -0.379 e. The first-order chi connectivity index (χ1) is 11.6. The Morgan fingerprint density at radius 1 is 1.42 bits per heavy atom. The second-order valence-electron chi connectivity index (χ2n) is 4.84. The fourth-order valence-electron chi connectivity index (χ4n) is 1.81. The molecular formula is C16H19N5O3.